The molecule has 0 aromatic heterocycles. The van der Waals surface area contributed by atoms with Crippen LogP contribution in [0.3, 0.4) is 0 Å². The van der Waals surface area contributed by atoms with Gasteiger partial charge in [0, 0.05) is 43.0 Å². The van der Waals surface area contributed by atoms with E-state index in [4.69, 9.17) is 11.6 Å². The molecular weight excluding hydrogens is 378 g/mol. The van der Waals surface area contributed by atoms with Crippen molar-refractivity contribution in [3.63, 3.8) is 0 Å². The minimum Gasteiger partial charge on any atom is -0.369 e. The molecule has 1 aliphatic heterocycles. The first-order valence-electron chi connectivity index (χ1n) is 8.05. The Hall–Kier alpha value is -2.16. The smallest absolute Gasteiger partial charge is 0.290 e. The zero-order valence-electron chi connectivity index (χ0n) is 14.1. The van der Waals surface area contributed by atoms with Crippen molar-refractivity contribution >= 4 is 33.0 Å². The molecule has 3 rings (SSSR count). The molecule has 0 radical (unpaired) electrons. The maximum Gasteiger partial charge on any atom is 0.290 e. The number of anilines is 1. The predicted octanol–water partition coefficient (Wildman–Crippen LogP) is 3.07. The number of halogens is 1. The fourth-order valence-electron chi connectivity index (χ4n) is 3.00. The molecule has 0 saturated carbocycles. The molecule has 1 heterocycles. The van der Waals surface area contributed by atoms with E-state index < -0.39 is 20.6 Å². The van der Waals surface area contributed by atoms with Gasteiger partial charge in [0.25, 0.3) is 5.69 Å². The summed E-state index contributed by atoms with van der Waals surface area (Å²) in [5.74, 6) is 0. The number of sulfonamides is 1. The molecule has 0 aliphatic carbocycles. The maximum absolute atomic E-state index is 12.9. The normalized spacial score (nSPS) is 15.8. The minimum absolute atomic E-state index is 0.125. The summed E-state index contributed by atoms with van der Waals surface area (Å²) in [7, 11) is -3.96. The van der Waals surface area contributed by atoms with Gasteiger partial charge in [0.05, 0.1) is 4.92 Å². The van der Waals surface area contributed by atoms with E-state index in [1.807, 2.05) is 31.2 Å². The average Bonchev–Trinajstić information content (AvgIpc) is 2.61. The monoisotopic (exact) mass is 395 g/mol. The molecule has 0 N–H and O–H groups in total. The Labute approximate surface area is 157 Å². The Kier molecular flexibility index (Phi) is 5.17. The summed E-state index contributed by atoms with van der Waals surface area (Å²) in [6.07, 6.45) is 0. The number of benzene rings is 2. The van der Waals surface area contributed by atoms with Gasteiger partial charge in [-0.25, -0.2) is 8.42 Å². The third kappa shape index (κ3) is 3.67. The quantitative estimate of drug-likeness (QED) is 0.586. The molecule has 1 fully saturated rings. The molecule has 7 nitrogen and oxygen atoms in total. The number of nitrogens with zero attached hydrogens (tertiary/aromatic N) is 3. The van der Waals surface area contributed by atoms with E-state index in [1.165, 1.54) is 16.4 Å². The van der Waals surface area contributed by atoms with Gasteiger partial charge in [-0.1, -0.05) is 23.7 Å². The fourth-order valence-corrected chi connectivity index (χ4v) is 4.73. The first kappa shape index (κ1) is 18.6. The lowest BCUT2D eigenvalue weighted by molar-refractivity contribution is -0.387. The number of piperazine rings is 1. The minimum atomic E-state index is -3.96. The Morgan fingerprint density at radius 3 is 2.38 bits per heavy atom. The van der Waals surface area contributed by atoms with Gasteiger partial charge < -0.3 is 4.90 Å². The summed E-state index contributed by atoms with van der Waals surface area (Å²) >= 11 is 5.78. The molecule has 0 atom stereocenters. The van der Waals surface area contributed by atoms with Crippen molar-refractivity contribution in [2.75, 3.05) is 31.1 Å². The van der Waals surface area contributed by atoms with E-state index in [9.17, 15) is 18.5 Å². The zero-order valence-corrected chi connectivity index (χ0v) is 15.7. The van der Waals surface area contributed by atoms with Crippen molar-refractivity contribution in [3.05, 3.63) is 63.2 Å². The number of hydrogen-bond donors (Lipinski definition) is 0. The van der Waals surface area contributed by atoms with Crippen LogP contribution in [0.25, 0.3) is 0 Å². The summed E-state index contributed by atoms with van der Waals surface area (Å²) in [5.41, 5.74) is 1.67. The Morgan fingerprint density at radius 2 is 1.77 bits per heavy atom. The highest BCUT2D eigenvalue weighted by atomic mass is 35.5. The molecule has 0 unspecified atom stereocenters. The topological polar surface area (TPSA) is 83.8 Å². The van der Waals surface area contributed by atoms with Gasteiger partial charge in [-0.15, -0.1) is 0 Å². The van der Waals surface area contributed by atoms with Crippen LogP contribution >= 0.6 is 11.6 Å². The highest BCUT2D eigenvalue weighted by molar-refractivity contribution is 7.89. The highest BCUT2D eigenvalue weighted by Crippen LogP contribution is 2.30. The van der Waals surface area contributed by atoms with Crippen molar-refractivity contribution in [1.29, 1.82) is 0 Å². The lowest BCUT2D eigenvalue weighted by Crippen LogP contribution is -2.48. The number of nitro benzene ring substituents is 1. The van der Waals surface area contributed by atoms with Crippen LogP contribution in [-0.2, 0) is 10.0 Å². The average molecular weight is 396 g/mol. The molecule has 2 aromatic carbocycles. The second-order valence-electron chi connectivity index (χ2n) is 6.10. The second-order valence-corrected chi connectivity index (χ2v) is 8.44. The number of rotatable bonds is 4. The summed E-state index contributed by atoms with van der Waals surface area (Å²) in [6.45, 7) is 3.56. The van der Waals surface area contributed by atoms with Crippen molar-refractivity contribution in [2.24, 2.45) is 0 Å². The Morgan fingerprint density at radius 1 is 1.08 bits per heavy atom. The van der Waals surface area contributed by atoms with E-state index in [1.54, 1.807) is 0 Å². The molecule has 0 amide bonds. The summed E-state index contributed by atoms with van der Waals surface area (Å²) in [4.78, 5) is 12.3. The predicted molar refractivity (Wildman–Crippen MR) is 100 cm³/mol. The van der Waals surface area contributed by atoms with Crippen molar-refractivity contribution < 1.29 is 13.3 Å². The standard InChI is InChI=1S/C17H18ClN3O4S/c1-13-3-2-4-15(11-13)19-7-9-20(10-8-19)26(24,25)17-6-5-14(18)12-16(17)21(22)23/h2-6,11-12H,7-10H2,1H3. The van der Waals surface area contributed by atoms with Crippen molar-refractivity contribution in [2.45, 2.75) is 11.8 Å². The fraction of sp³-hybridized carbons (Fsp3) is 0.294. The number of hydrogen-bond acceptors (Lipinski definition) is 5. The van der Waals surface area contributed by atoms with Crippen LogP contribution < -0.4 is 4.90 Å². The van der Waals surface area contributed by atoms with E-state index in [-0.39, 0.29) is 23.0 Å². The van der Waals surface area contributed by atoms with Crippen LogP contribution in [0.2, 0.25) is 5.02 Å². The van der Waals surface area contributed by atoms with Crippen molar-refractivity contribution in [1.82, 2.24) is 4.31 Å². The molecule has 9 heteroatoms. The molecule has 2 aromatic rings. The van der Waals surface area contributed by atoms with Gasteiger partial charge in [-0.3, -0.25) is 10.1 Å². The lowest BCUT2D eigenvalue weighted by atomic mass is 10.2. The summed E-state index contributed by atoms with van der Waals surface area (Å²) in [5, 5.41) is 11.4. The van der Waals surface area contributed by atoms with Gasteiger partial charge in [-0.05, 0) is 36.8 Å². The van der Waals surface area contributed by atoms with Crippen molar-refractivity contribution in [3.8, 4) is 0 Å². The number of aryl methyl sites for hydroxylation is 1. The third-order valence-corrected chi connectivity index (χ3v) is 6.52. The van der Waals surface area contributed by atoms with Gasteiger partial charge in [0.1, 0.15) is 0 Å². The SMILES string of the molecule is Cc1cccc(N2CCN(S(=O)(=O)c3ccc(Cl)cc3[N+](=O)[O-])CC2)c1. The van der Waals surface area contributed by atoms with Crippen LogP contribution in [0.5, 0.6) is 0 Å². The van der Waals surface area contributed by atoms with E-state index >= 15 is 0 Å². The van der Waals surface area contributed by atoms with Crippen LogP contribution in [0.4, 0.5) is 11.4 Å². The second kappa shape index (κ2) is 7.22. The van der Waals surface area contributed by atoms with Crippen LogP contribution in [0.1, 0.15) is 5.56 Å². The molecular formula is C17H18ClN3O4S. The largest absolute Gasteiger partial charge is 0.369 e. The molecule has 138 valence electrons. The van der Waals surface area contributed by atoms with E-state index in [2.05, 4.69) is 4.90 Å². The van der Waals surface area contributed by atoms with Crippen LogP contribution in [-0.4, -0.2) is 43.8 Å². The molecule has 1 aliphatic rings. The zero-order chi connectivity index (χ0) is 18.9. The number of nitro groups is 1. The summed E-state index contributed by atoms with van der Waals surface area (Å²) < 4.78 is 27.0. The van der Waals surface area contributed by atoms with Gasteiger partial charge in [0.15, 0.2) is 4.90 Å². The van der Waals surface area contributed by atoms with Gasteiger partial charge in [-0.2, -0.15) is 4.31 Å². The molecule has 26 heavy (non-hydrogen) atoms. The summed E-state index contributed by atoms with van der Waals surface area (Å²) in [6, 6.07) is 11.6. The van der Waals surface area contributed by atoms with E-state index in [0.717, 1.165) is 17.3 Å². The molecule has 1 saturated heterocycles. The third-order valence-electron chi connectivity index (χ3n) is 4.34. The van der Waals surface area contributed by atoms with Gasteiger partial charge >= 0.3 is 0 Å². The molecule has 0 spiro atoms. The van der Waals surface area contributed by atoms with Crippen LogP contribution in [0, 0.1) is 17.0 Å². The highest BCUT2D eigenvalue weighted by Gasteiger charge is 2.34. The Balaban J connectivity index is 1.82. The first-order valence-corrected chi connectivity index (χ1v) is 9.86. The van der Waals surface area contributed by atoms with E-state index in [0.29, 0.717) is 13.1 Å². The van der Waals surface area contributed by atoms with Crippen LogP contribution in [0.15, 0.2) is 47.4 Å². The first-order chi connectivity index (χ1) is 12.3. The molecule has 0 bridgehead atoms. The maximum atomic E-state index is 12.9. The van der Waals surface area contributed by atoms with Gasteiger partial charge in [0.2, 0.25) is 10.0 Å². The lowest BCUT2D eigenvalue weighted by Gasteiger charge is -2.35. The Bertz CT molecular complexity index is 941.